The Morgan fingerprint density at radius 3 is 3.21 bits per heavy atom. The molecule has 1 fully saturated rings. The summed E-state index contributed by atoms with van der Waals surface area (Å²) >= 11 is 1.48. The maximum Gasteiger partial charge on any atom is 0.251 e. The molecule has 2 amide bonds. The normalized spacial score (nSPS) is 19.7. The Morgan fingerprint density at radius 2 is 2.38 bits per heavy atom. The van der Waals surface area contributed by atoms with Gasteiger partial charge >= 0.3 is 0 Å². The van der Waals surface area contributed by atoms with Gasteiger partial charge in [-0.25, -0.2) is 0 Å². The molecule has 2 aliphatic heterocycles. The lowest BCUT2D eigenvalue weighted by atomic mass is 10.2. The van der Waals surface area contributed by atoms with Gasteiger partial charge in [0.05, 0.1) is 24.2 Å². The molecule has 2 heterocycles. The van der Waals surface area contributed by atoms with E-state index in [2.05, 4.69) is 10.6 Å². The highest BCUT2D eigenvalue weighted by Crippen LogP contribution is 2.31. The molecule has 7 heteroatoms. The van der Waals surface area contributed by atoms with Crippen LogP contribution in [0.1, 0.15) is 29.6 Å². The van der Waals surface area contributed by atoms with Gasteiger partial charge in [0.2, 0.25) is 5.91 Å². The van der Waals surface area contributed by atoms with Gasteiger partial charge < -0.3 is 20.1 Å². The molecule has 2 aliphatic rings. The summed E-state index contributed by atoms with van der Waals surface area (Å²) in [4.78, 5) is 24.6. The van der Waals surface area contributed by atoms with Crippen LogP contribution in [0.5, 0.6) is 0 Å². The average molecular weight is 350 g/mol. The monoisotopic (exact) mass is 350 g/mol. The number of carbonyl (C=O) groups is 2. The van der Waals surface area contributed by atoms with Crippen molar-refractivity contribution in [3.05, 3.63) is 23.8 Å². The maximum atomic E-state index is 12.2. The molecule has 1 aromatic rings. The summed E-state index contributed by atoms with van der Waals surface area (Å²) in [5, 5.41) is 5.67. The molecule has 0 unspecified atom stereocenters. The topological polar surface area (TPSA) is 76.7 Å². The smallest absolute Gasteiger partial charge is 0.251 e. The molecule has 6 nitrogen and oxygen atoms in total. The molecule has 0 radical (unpaired) electrons. The molecule has 0 aromatic heterocycles. The van der Waals surface area contributed by atoms with Gasteiger partial charge in [-0.3, -0.25) is 9.59 Å². The number of ether oxygens (including phenoxy) is 2. The van der Waals surface area contributed by atoms with Crippen molar-refractivity contribution in [2.45, 2.75) is 30.3 Å². The lowest BCUT2D eigenvalue weighted by molar-refractivity contribution is -0.113. The standard InChI is InChI=1S/C17H22N2O4S/c20-16-11-24-15-5-4-12(9-14(15)19-16)17(21)18-6-2-7-22-10-13-3-1-8-23-13/h4-5,9,13H,1-3,6-8,10-11H2,(H,18,21)(H,19,20)/t13-/m1/s1. The summed E-state index contributed by atoms with van der Waals surface area (Å²) in [6, 6.07) is 5.38. The minimum absolute atomic E-state index is 0.0338. The number of amides is 2. The van der Waals surface area contributed by atoms with Crippen LogP contribution in [0.3, 0.4) is 0 Å². The SMILES string of the molecule is O=C1CSc2ccc(C(=O)NCCCOC[C@H]3CCCO3)cc2N1. The maximum absolute atomic E-state index is 12.2. The molecule has 0 spiro atoms. The number of carbonyl (C=O) groups excluding carboxylic acids is 2. The number of anilines is 1. The zero-order chi connectivity index (χ0) is 16.8. The van der Waals surface area contributed by atoms with Gasteiger partial charge in [0.15, 0.2) is 0 Å². The highest BCUT2D eigenvalue weighted by atomic mass is 32.2. The van der Waals surface area contributed by atoms with Crippen LogP contribution in [0.15, 0.2) is 23.1 Å². The molecule has 130 valence electrons. The Morgan fingerprint density at radius 1 is 1.46 bits per heavy atom. The lowest BCUT2D eigenvalue weighted by Crippen LogP contribution is -2.26. The van der Waals surface area contributed by atoms with Crippen molar-refractivity contribution in [2.75, 3.05) is 37.4 Å². The fourth-order valence-corrected chi connectivity index (χ4v) is 3.48. The van der Waals surface area contributed by atoms with E-state index in [9.17, 15) is 9.59 Å². The first-order valence-corrected chi connectivity index (χ1v) is 9.25. The first-order chi connectivity index (χ1) is 11.7. The van der Waals surface area contributed by atoms with Gasteiger partial charge in [-0.1, -0.05) is 0 Å². The van der Waals surface area contributed by atoms with Crippen molar-refractivity contribution in [1.29, 1.82) is 0 Å². The van der Waals surface area contributed by atoms with Gasteiger partial charge in [0.1, 0.15) is 0 Å². The summed E-state index contributed by atoms with van der Waals surface area (Å²) in [5.74, 6) is 0.250. The van der Waals surface area contributed by atoms with Crippen molar-refractivity contribution < 1.29 is 19.1 Å². The number of rotatable bonds is 7. The molecule has 1 atom stereocenters. The van der Waals surface area contributed by atoms with Crippen LogP contribution in [0.2, 0.25) is 0 Å². The molecule has 3 rings (SSSR count). The second-order valence-electron chi connectivity index (χ2n) is 5.87. The van der Waals surface area contributed by atoms with E-state index in [1.165, 1.54) is 11.8 Å². The largest absolute Gasteiger partial charge is 0.379 e. The highest BCUT2D eigenvalue weighted by molar-refractivity contribution is 8.00. The van der Waals surface area contributed by atoms with E-state index >= 15 is 0 Å². The minimum atomic E-state index is -0.137. The summed E-state index contributed by atoms with van der Waals surface area (Å²) in [7, 11) is 0. The minimum Gasteiger partial charge on any atom is -0.379 e. The van der Waals surface area contributed by atoms with E-state index in [0.717, 1.165) is 30.8 Å². The van der Waals surface area contributed by atoms with Crippen LogP contribution in [-0.2, 0) is 14.3 Å². The van der Waals surface area contributed by atoms with E-state index in [1.54, 1.807) is 12.1 Å². The van der Waals surface area contributed by atoms with Gasteiger partial charge in [-0.2, -0.15) is 0 Å². The van der Waals surface area contributed by atoms with E-state index < -0.39 is 0 Å². The van der Waals surface area contributed by atoms with Crippen LogP contribution < -0.4 is 10.6 Å². The third kappa shape index (κ3) is 4.72. The average Bonchev–Trinajstić information content (AvgIpc) is 3.10. The third-order valence-electron chi connectivity index (χ3n) is 3.95. The zero-order valence-electron chi connectivity index (χ0n) is 13.5. The first kappa shape index (κ1) is 17.3. The van der Waals surface area contributed by atoms with E-state index in [-0.39, 0.29) is 17.9 Å². The number of hydrogen-bond donors (Lipinski definition) is 2. The van der Waals surface area contributed by atoms with Crippen molar-refractivity contribution in [3.63, 3.8) is 0 Å². The van der Waals surface area contributed by atoms with Crippen molar-refractivity contribution >= 4 is 29.3 Å². The van der Waals surface area contributed by atoms with Crippen LogP contribution in [0, 0.1) is 0 Å². The molecule has 2 N–H and O–H groups in total. The molecule has 24 heavy (non-hydrogen) atoms. The van der Waals surface area contributed by atoms with Crippen molar-refractivity contribution in [3.8, 4) is 0 Å². The zero-order valence-corrected chi connectivity index (χ0v) is 14.3. The Kier molecular flexibility index (Phi) is 6.12. The van der Waals surface area contributed by atoms with Crippen LogP contribution in [0.25, 0.3) is 0 Å². The van der Waals surface area contributed by atoms with E-state index in [1.807, 2.05) is 6.07 Å². The third-order valence-corrected chi connectivity index (χ3v) is 5.03. The molecular weight excluding hydrogens is 328 g/mol. The fraction of sp³-hybridized carbons (Fsp3) is 0.529. The quantitative estimate of drug-likeness (QED) is 0.736. The van der Waals surface area contributed by atoms with Crippen LogP contribution >= 0.6 is 11.8 Å². The van der Waals surface area contributed by atoms with Gasteiger partial charge in [0, 0.05) is 30.2 Å². The second kappa shape index (κ2) is 8.50. The molecule has 0 aliphatic carbocycles. The summed E-state index contributed by atoms with van der Waals surface area (Å²) in [6.07, 6.45) is 3.19. The van der Waals surface area contributed by atoms with Gasteiger partial charge in [-0.05, 0) is 37.5 Å². The van der Waals surface area contributed by atoms with E-state index in [4.69, 9.17) is 9.47 Å². The summed E-state index contributed by atoms with van der Waals surface area (Å²) in [5.41, 5.74) is 1.26. The Balaban J connectivity index is 1.37. The first-order valence-electron chi connectivity index (χ1n) is 8.26. The number of nitrogens with one attached hydrogen (secondary N) is 2. The molecular formula is C17H22N2O4S. The molecule has 0 saturated carbocycles. The Bertz CT molecular complexity index is 602. The number of benzene rings is 1. The number of hydrogen-bond acceptors (Lipinski definition) is 5. The molecule has 0 bridgehead atoms. The lowest BCUT2D eigenvalue weighted by Gasteiger charge is -2.17. The fourth-order valence-electron chi connectivity index (χ4n) is 2.69. The molecule has 1 aromatic carbocycles. The predicted molar refractivity (Wildman–Crippen MR) is 92.5 cm³/mol. The number of fused-ring (bicyclic) bond motifs is 1. The second-order valence-corrected chi connectivity index (χ2v) is 6.88. The van der Waals surface area contributed by atoms with Crippen LogP contribution in [-0.4, -0.2) is 50.0 Å². The van der Waals surface area contributed by atoms with Gasteiger partial charge in [0.25, 0.3) is 5.91 Å². The molecule has 1 saturated heterocycles. The van der Waals surface area contributed by atoms with E-state index in [0.29, 0.717) is 36.8 Å². The Labute approximate surface area is 145 Å². The number of thioether (sulfide) groups is 1. The summed E-state index contributed by atoms with van der Waals surface area (Å²) in [6.45, 7) is 2.64. The van der Waals surface area contributed by atoms with Crippen molar-refractivity contribution in [2.24, 2.45) is 0 Å². The predicted octanol–water partition coefficient (Wildman–Crippen LogP) is 2.05. The van der Waals surface area contributed by atoms with Crippen molar-refractivity contribution in [1.82, 2.24) is 5.32 Å². The van der Waals surface area contributed by atoms with Crippen LogP contribution in [0.4, 0.5) is 5.69 Å². The van der Waals surface area contributed by atoms with Gasteiger partial charge in [-0.15, -0.1) is 11.8 Å². The Hall–Kier alpha value is -1.57. The highest BCUT2D eigenvalue weighted by Gasteiger charge is 2.17. The summed E-state index contributed by atoms with van der Waals surface area (Å²) < 4.78 is 11.0.